The van der Waals surface area contributed by atoms with Gasteiger partial charge < -0.3 is 9.84 Å². The standard InChI is InChI=1S/C13H6Cl2F2O3/c14-8-2-1-7(5-9(8)15)20-12-10(16)3-6(13(18)19)4-11(12)17/h1-5H,(H,18,19). The van der Waals surface area contributed by atoms with Crippen LogP contribution in [-0.2, 0) is 0 Å². The molecule has 0 spiro atoms. The number of ether oxygens (including phenoxy) is 1. The first-order valence-corrected chi connectivity index (χ1v) is 5.99. The van der Waals surface area contributed by atoms with Crippen LogP contribution in [0.4, 0.5) is 8.78 Å². The molecular formula is C13H6Cl2F2O3. The van der Waals surface area contributed by atoms with Crippen molar-refractivity contribution in [2.24, 2.45) is 0 Å². The lowest BCUT2D eigenvalue weighted by Crippen LogP contribution is -2.01. The summed E-state index contributed by atoms with van der Waals surface area (Å²) >= 11 is 11.5. The highest BCUT2D eigenvalue weighted by Gasteiger charge is 2.17. The Hall–Kier alpha value is -1.85. The lowest BCUT2D eigenvalue weighted by atomic mass is 10.2. The van der Waals surface area contributed by atoms with Crippen LogP contribution in [0.15, 0.2) is 30.3 Å². The summed E-state index contributed by atoms with van der Waals surface area (Å²) in [6, 6.07) is 5.39. The van der Waals surface area contributed by atoms with E-state index in [0.29, 0.717) is 12.1 Å². The van der Waals surface area contributed by atoms with E-state index >= 15 is 0 Å². The minimum atomic E-state index is -1.44. The van der Waals surface area contributed by atoms with Gasteiger partial charge in [-0.05, 0) is 24.3 Å². The SMILES string of the molecule is O=C(O)c1cc(F)c(Oc2ccc(Cl)c(Cl)c2)c(F)c1. The Kier molecular flexibility index (Phi) is 4.11. The molecule has 0 heterocycles. The largest absolute Gasteiger partial charge is 0.478 e. The maximum Gasteiger partial charge on any atom is 0.335 e. The molecule has 0 aliphatic carbocycles. The van der Waals surface area contributed by atoms with Gasteiger partial charge in [0.1, 0.15) is 5.75 Å². The van der Waals surface area contributed by atoms with E-state index in [-0.39, 0.29) is 15.8 Å². The second-order valence-electron chi connectivity index (χ2n) is 3.75. The molecule has 0 unspecified atom stereocenters. The summed E-state index contributed by atoms with van der Waals surface area (Å²) in [5.74, 6) is -4.35. The smallest absolute Gasteiger partial charge is 0.335 e. The molecule has 7 heteroatoms. The van der Waals surface area contributed by atoms with Crippen LogP contribution in [0.5, 0.6) is 11.5 Å². The number of carboxylic acids is 1. The van der Waals surface area contributed by atoms with Gasteiger partial charge in [0.2, 0.25) is 0 Å². The molecule has 0 aliphatic heterocycles. The molecule has 1 N–H and O–H groups in total. The third kappa shape index (κ3) is 3.00. The van der Waals surface area contributed by atoms with Crippen molar-refractivity contribution in [1.82, 2.24) is 0 Å². The summed E-state index contributed by atoms with van der Waals surface area (Å²) in [7, 11) is 0. The zero-order chi connectivity index (χ0) is 14.9. The molecule has 0 atom stereocenters. The van der Waals surface area contributed by atoms with Crippen LogP contribution < -0.4 is 4.74 Å². The second kappa shape index (κ2) is 5.64. The number of aromatic carboxylic acids is 1. The molecule has 0 fully saturated rings. The van der Waals surface area contributed by atoms with Gasteiger partial charge in [0.05, 0.1) is 15.6 Å². The minimum Gasteiger partial charge on any atom is -0.478 e. The summed E-state index contributed by atoms with van der Waals surface area (Å²) in [5, 5.41) is 9.10. The number of benzene rings is 2. The van der Waals surface area contributed by atoms with Crippen molar-refractivity contribution in [3.8, 4) is 11.5 Å². The van der Waals surface area contributed by atoms with E-state index < -0.39 is 28.9 Å². The topological polar surface area (TPSA) is 46.5 Å². The van der Waals surface area contributed by atoms with Gasteiger partial charge in [-0.2, -0.15) is 0 Å². The van der Waals surface area contributed by atoms with Crippen molar-refractivity contribution in [2.45, 2.75) is 0 Å². The molecule has 2 aromatic rings. The van der Waals surface area contributed by atoms with E-state index in [4.69, 9.17) is 33.0 Å². The van der Waals surface area contributed by atoms with Crippen LogP contribution in [-0.4, -0.2) is 11.1 Å². The number of hydrogen-bond acceptors (Lipinski definition) is 2. The van der Waals surface area contributed by atoms with Crippen LogP contribution in [0.2, 0.25) is 10.0 Å². The predicted octanol–water partition coefficient (Wildman–Crippen LogP) is 4.76. The molecular weight excluding hydrogens is 313 g/mol. The van der Waals surface area contributed by atoms with Crippen molar-refractivity contribution in [1.29, 1.82) is 0 Å². The van der Waals surface area contributed by atoms with E-state index in [1.807, 2.05) is 0 Å². The maximum atomic E-state index is 13.6. The van der Waals surface area contributed by atoms with Crippen LogP contribution in [0.25, 0.3) is 0 Å². The first-order chi connectivity index (χ1) is 9.38. The fourth-order valence-electron chi connectivity index (χ4n) is 1.44. The molecule has 0 bridgehead atoms. The van der Waals surface area contributed by atoms with Gasteiger partial charge in [0.15, 0.2) is 17.4 Å². The molecule has 104 valence electrons. The Morgan fingerprint density at radius 2 is 1.65 bits per heavy atom. The molecule has 2 aromatic carbocycles. The Morgan fingerprint density at radius 1 is 1.05 bits per heavy atom. The summed E-state index contributed by atoms with van der Waals surface area (Å²) in [4.78, 5) is 10.7. The van der Waals surface area contributed by atoms with Gasteiger partial charge in [-0.3, -0.25) is 0 Å². The Bertz CT molecular complexity index is 666. The van der Waals surface area contributed by atoms with E-state index in [1.165, 1.54) is 18.2 Å². The molecule has 20 heavy (non-hydrogen) atoms. The van der Waals surface area contributed by atoms with Gasteiger partial charge in [0, 0.05) is 6.07 Å². The van der Waals surface area contributed by atoms with Gasteiger partial charge >= 0.3 is 5.97 Å². The van der Waals surface area contributed by atoms with E-state index in [9.17, 15) is 13.6 Å². The molecule has 0 amide bonds. The predicted molar refractivity (Wildman–Crippen MR) is 69.9 cm³/mol. The van der Waals surface area contributed by atoms with Gasteiger partial charge in [-0.1, -0.05) is 23.2 Å². The Balaban J connectivity index is 2.38. The normalized spacial score (nSPS) is 10.4. The first-order valence-electron chi connectivity index (χ1n) is 5.23. The van der Waals surface area contributed by atoms with Gasteiger partial charge in [-0.15, -0.1) is 0 Å². The number of carbonyl (C=O) groups is 1. The van der Waals surface area contributed by atoms with Crippen LogP contribution in [0.1, 0.15) is 10.4 Å². The summed E-state index contributed by atoms with van der Waals surface area (Å²) < 4.78 is 32.3. The van der Waals surface area contributed by atoms with Crippen molar-refractivity contribution in [2.75, 3.05) is 0 Å². The number of carboxylic acid groups (broad SMARTS) is 1. The fourth-order valence-corrected chi connectivity index (χ4v) is 1.73. The van der Waals surface area contributed by atoms with Crippen molar-refractivity contribution < 1.29 is 23.4 Å². The van der Waals surface area contributed by atoms with Crippen molar-refractivity contribution in [3.63, 3.8) is 0 Å². The maximum absolute atomic E-state index is 13.6. The minimum absolute atomic E-state index is 0.0697. The molecule has 0 aliphatic rings. The Labute approximate surface area is 122 Å². The number of rotatable bonds is 3. The summed E-state index contributed by atoms with van der Waals surface area (Å²) in [5.41, 5.74) is -0.513. The lowest BCUT2D eigenvalue weighted by Gasteiger charge is -2.09. The molecule has 0 radical (unpaired) electrons. The summed E-state index contributed by atoms with van der Waals surface area (Å²) in [6.07, 6.45) is 0. The monoisotopic (exact) mass is 318 g/mol. The third-order valence-corrected chi connectivity index (χ3v) is 3.10. The number of hydrogen-bond donors (Lipinski definition) is 1. The van der Waals surface area contributed by atoms with Crippen molar-refractivity contribution in [3.05, 3.63) is 57.6 Å². The summed E-state index contributed by atoms with van der Waals surface area (Å²) in [6.45, 7) is 0. The second-order valence-corrected chi connectivity index (χ2v) is 4.57. The molecule has 2 rings (SSSR count). The highest BCUT2D eigenvalue weighted by Crippen LogP contribution is 2.32. The van der Waals surface area contributed by atoms with E-state index in [1.54, 1.807) is 0 Å². The highest BCUT2D eigenvalue weighted by atomic mass is 35.5. The highest BCUT2D eigenvalue weighted by molar-refractivity contribution is 6.42. The average Bonchev–Trinajstić information content (AvgIpc) is 2.37. The first kappa shape index (κ1) is 14.6. The Morgan fingerprint density at radius 3 is 2.15 bits per heavy atom. The van der Waals surface area contributed by atoms with Gasteiger partial charge in [-0.25, -0.2) is 13.6 Å². The third-order valence-electron chi connectivity index (χ3n) is 2.36. The fraction of sp³-hybridized carbons (Fsp3) is 0. The van der Waals surface area contributed by atoms with E-state index in [2.05, 4.69) is 0 Å². The van der Waals surface area contributed by atoms with Crippen LogP contribution >= 0.6 is 23.2 Å². The van der Waals surface area contributed by atoms with Gasteiger partial charge in [0.25, 0.3) is 0 Å². The van der Waals surface area contributed by atoms with E-state index in [0.717, 1.165) is 0 Å². The van der Waals surface area contributed by atoms with Crippen LogP contribution in [0.3, 0.4) is 0 Å². The number of halogens is 4. The quantitative estimate of drug-likeness (QED) is 0.887. The molecule has 0 aromatic heterocycles. The lowest BCUT2D eigenvalue weighted by molar-refractivity contribution is 0.0695. The van der Waals surface area contributed by atoms with Crippen molar-refractivity contribution >= 4 is 29.2 Å². The zero-order valence-electron chi connectivity index (χ0n) is 9.66. The molecule has 0 saturated carbocycles. The molecule has 3 nitrogen and oxygen atoms in total. The average molecular weight is 319 g/mol. The van der Waals surface area contributed by atoms with Crippen LogP contribution in [0, 0.1) is 11.6 Å². The molecule has 0 saturated heterocycles. The zero-order valence-corrected chi connectivity index (χ0v) is 11.2.